The quantitative estimate of drug-likeness (QED) is 0.616. The van der Waals surface area contributed by atoms with E-state index in [1.165, 1.54) is 11.3 Å². The number of ether oxygens (including phenoxy) is 1. The molecule has 0 N–H and O–H groups in total. The van der Waals surface area contributed by atoms with Crippen molar-refractivity contribution in [3.63, 3.8) is 0 Å². The number of esters is 1. The van der Waals surface area contributed by atoms with Gasteiger partial charge in [-0.2, -0.15) is 0 Å². The predicted octanol–water partition coefficient (Wildman–Crippen LogP) is 2.14. The molecule has 0 fully saturated rings. The van der Waals surface area contributed by atoms with Gasteiger partial charge in [0, 0.05) is 11.8 Å². The normalized spacial score (nSPS) is 12.1. The molecule has 1 heterocycles. The lowest BCUT2D eigenvalue weighted by Crippen LogP contribution is -2.16. The molecule has 6 heteroatoms. The van der Waals surface area contributed by atoms with Gasteiger partial charge >= 0.3 is 5.97 Å². The van der Waals surface area contributed by atoms with Crippen LogP contribution >= 0.6 is 27.3 Å². The summed E-state index contributed by atoms with van der Waals surface area (Å²) in [6.07, 6.45) is 0.809. The fourth-order valence-electron chi connectivity index (χ4n) is 1.10. The summed E-state index contributed by atoms with van der Waals surface area (Å²) in [5.74, 6) is -0.979. The van der Waals surface area contributed by atoms with E-state index in [1.54, 1.807) is 12.3 Å². The zero-order chi connectivity index (χ0) is 11.3. The first-order valence-electron chi connectivity index (χ1n) is 4.40. The molecule has 0 amide bonds. The molecule has 4 nitrogen and oxygen atoms in total. The molecule has 0 aliphatic heterocycles. The number of carbonyl (C=O) groups excluding carboxylic acids is 2. The highest BCUT2D eigenvalue weighted by Crippen LogP contribution is 2.25. The lowest BCUT2D eigenvalue weighted by atomic mass is 10.0. The third-order valence-electron chi connectivity index (χ3n) is 1.75. The van der Waals surface area contributed by atoms with Crippen LogP contribution in [0.1, 0.15) is 25.0 Å². The fourth-order valence-corrected chi connectivity index (χ4v) is 2.18. The second kappa shape index (κ2) is 5.97. The molecule has 0 saturated carbocycles. The van der Waals surface area contributed by atoms with Crippen molar-refractivity contribution in [2.75, 3.05) is 6.61 Å². The summed E-state index contributed by atoms with van der Waals surface area (Å²) in [4.78, 5) is 26.1. The number of rotatable bonds is 5. The van der Waals surface area contributed by atoms with E-state index < -0.39 is 11.9 Å². The predicted molar refractivity (Wildman–Crippen MR) is 59.9 cm³/mol. The van der Waals surface area contributed by atoms with Crippen molar-refractivity contribution in [1.82, 2.24) is 4.98 Å². The monoisotopic (exact) mass is 291 g/mol. The van der Waals surface area contributed by atoms with E-state index in [0.29, 0.717) is 22.5 Å². The average Bonchev–Trinajstić information content (AvgIpc) is 2.61. The fraction of sp³-hybridized carbons (Fsp3) is 0.444. The van der Waals surface area contributed by atoms with E-state index in [9.17, 15) is 9.59 Å². The number of nitrogens with zero attached hydrogens (tertiary/aromatic N) is 1. The molecule has 1 atom stereocenters. The topological polar surface area (TPSA) is 56.3 Å². The molecule has 1 aromatic heterocycles. The summed E-state index contributed by atoms with van der Waals surface area (Å²) in [7, 11) is 0. The Morgan fingerprint density at radius 3 is 3.00 bits per heavy atom. The molecule has 0 aliphatic carbocycles. The number of halogens is 1. The standard InChI is InChI=1S/C9H10BrNO3S/c1-2-14-8(13)6(3-4-12)7-5-15-9(10)11-7/h4-6H,2-3H2,1H3. The van der Waals surface area contributed by atoms with Gasteiger partial charge in [0.05, 0.1) is 12.3 Å². The van der Waals surface area contributed by atoms with Crippen LogP contribution in [0.5, 0.6) is 0 Å². The Balaban J connectivity index is 2.82. The Bertz CT molecular complexity index is 353. The van der Waals surface area contributed by atoms with E-state index in [0.717, 1.165) is 0 Å². The van der Waals surface area contributed by atoms with Gasteiger partial charge in [0.25, 0.3) is 0 Å². The minimum atomic E-state index is -0.579. The lowest BCUT2D eigenvalue weighted by molar-refractivity contribution is -0.145. The van der Waals surface area contributed by atoms with Crippen molar-refractivity contribution in [2.24, 2.45) is 0 Å². The van der Waals surface area contributed by atoms with Gasteiger partial charge in [-0.05, 0) is 22.9 Å². The molecular weight excluding hydrogens is 282 g/mol. The number of hydrogen-bond donors (Lipinski definition) is 0. The van der Waals surface area contributed by atoms with Crippen LogP contribution in [0.25, 0.3) is 0 Å². The Morgan fingerprint density at radius 1 is 1.80 bits per heavy atom. The number of hydrogen-bond acceptors (Lipinski definition) is 5. The summed E-state index contributed by atoms with van der Waals surface area (Å²) in [5, 5.41) is 1.75. The maximum atomic E-state index is 11.5. The molecule has 0 bridgehead atoms. The van der Waals surface area contributed by atoms with E-state index in [1.807, 2.05) is 0 Å². The van der Waals surface area contributed by atoms with Crippen LogP contribution in [0, 0.1) is 0 Å². The van der Waals surface area contributed by atoms with Gasteiger partial charge in [0.15, 0.2) is 3.92 Å². The van der Waals surface area contributed by atoms with Crippen LogP contribution in [0.3, 0.4) is 0 Å². The highest BCUT2D eigenvalue weighted by molar-refractivity contribution is 9.11. The summed E-state index contributed by atoms with van der Waals surface area (Å²) in [6, 6.07) is 0. The van der Waals surface area contributed by atoms with Crippen LogP contribution in [0.2, 0.25) is 0 Å². The van der Waals surface area contributed by atoms with E-state index >= 15 is 0 Å². The molecule has 1 unspecified atom stereocenters. The van der Waals surface area contributed by atoms with E-state index in [-0.39, 0.29) is 6.42 Å². The van der Waals surface area contributed by atoms with Gasteiger partial charge in [-0.15, -0.1) is 11.3 Å². The van der Waals surface area contributed by atoms with Crippen molar-refractivity contribution < 1.29 is 14.3 Å². The van der Waals surface area contributed by atoms with Gasteiger partial charge < -0.3 is 9.53 Å². The molecule has 15 heavy (non-hydrogen) atoms. The van der Waals surface area contributed by atoms with Gasteiger partial charge in [0.1, 0.15) is 12.2 Å². The van der Waals surface area contributed by atoms with Crippen molar-refractivity contribution in [2.45, 2.75) is 19.3 Å². The van der Waals surface area contributed by atoms with Crippen LogP contribution in [-0.4, -0.2) is 23.8 Å². The smallest absolute Gasteiger partial charge is 0.315 e. The summed E-state index contributed by atoms with van der Waals surface area (Å²) in [6.45, 7) is 2.03. The van der Waals surface area contributed by atoms with Crippen molar-refractivity contribution in [1.29, 1.82) is 0 Å². The second-order valence-corrected chi connectivity index (χ2v) is 4.87. The van der Waals surface area contributed by atoms with Crippen molar-refractivity contribution >= 4 is 39.5 Å². The van der Waals surface area contributed by atoms with Crippen molar-refractivity contribution in [3.8, 4) is 0 Å². The first-order valence-corrected chi connectivity index (χ1v) is 6.07. The summed E-state index contributed by atoms with van der Waals surface area (Å²) < 4.78 is 5.56. The van der Waals surface area contributed by atoms with Gasteiger partial charge in [-0.3, -0.25) is 4.79 Å². The first-order chi connectivity index (χ1) is 7.19. The zero-order valence-electron chi connectivity index (χ0n) is 8.10. The van der Waals surface area contributed by atoms with Crippen LogP contribution in [-0.2, 0) is 14.3 Å². The van der Waals surface area contributed by atoms with Gasteiger partial charge in [-0.1, -0.05) is 0 Å². The molecule has 0 aliphatic rings. The van der Waals surface area contributed by atoms with E-state index in [4.69, 9.17) is 4.74 Å². The molecule has 0 saturated heterocycles. The highest BCUT2D eigenvalue weighted by atomic mass is 79.9. The SMILES string of the molecule is CCOC(=O)C(CC=O)c1csc(Br)n1. The number of aldehydes is 1. The third-order valence-corrected chi connectivity index (χ3v) is 3.14. The molecule has 0 spiro atoms. The maximum Gasteiger partial charge on any atom is 0.315 e. The summed E-state index contributed by atoms with van der Waals surface area (Å²) in [5.41, 5.74) is 0.581. The first kappa shape index (κ1) is 12.3. The largest absolute Gasteiger partial charge is 0.465 e. The molecule has 0 radical (unpaired) electrons. The minimum Gasteiger partial charge on any atom is -0.465 e. The van der Waals surface area contributed by atoms with E-state index in [2.05, 4.69) is 20.9 Å². The second-order valence-electron chi connectivity index (χ2n) is 2.73. The van der Waals surface area contributed by atoms with Gasteiger partial charge in [0.2, 0.25) is 0 Å². The summed E-state index contributed by atoms with van der Waals surface area (Å²) >= 11 is 4.58. The zero-order valence-corrected chi connectivity index (χ0v) is 10.5. The molecule has 0 aromatic carbocycles. The molecule has 82 valence electrons. The Hall–Kier alpha value is -0.750. The van der Waals surface area contributed by atoms with Crippen LogP contribution in [0.4, 0.5) is 0 Å². The van der Waals surface area contributed by atoms with Gasteiger partial charge in [-0.25, -0.2) is 4.98 Å². The number of thiazole rings is 1. The minimum absolute atomic E-state index is 0.106. The average molecular weight is 292 g/mol. The maximum absolute atomic E-state index is 11.5. The molecular formula is C9H10BrNO3S. The molecule has 1 aromatic rings. The molecule has 1 rings (SSSR count). The number of carbonyl (C=O) groups is 2. The van der Waals surface area contributed by atoms with Crippen LogP contribution < -0.4 is 0 Å². The third kappa shape index (κ3) is 3.39. The Kier molecular flexibility index (Phi) is 4.90. The Labute approximate surface area is 99.8 Å². The lowest BCUT2D eigenvalue weighted by Gasteiger charge is -2.09. The Morgan fingerprint density at radius 2 is 2.53 bits per heavy atom. The van der Waals surface area contributed by atoms with Crippen LogP contribution in [0.15, 0.2) is 9.30 Å². The number of aromatic nitrogens is 1. The van der Waals surface area contributed by atoms with Crippen molar-refractivity contribution in [3.05, 3.63) is 15.0 Å². The highest BCUT2D eigenvalue weighted by Gasteiger charge is 2.23.